The molecule has 0 radical (unpaired) electrons. The lowest BCUT2D eigenvalue weighted by molar-refractivity contribution is -0.133. The molecule has 18 heavy (non-hydrogen) atoms. The number of allylic oxidation sites excluding steroid dienone is 4. The van der Waals surface area contributed by atoms with Gasteiger partial charge in [-0.1, -0.05) is 43.3 Å². The first-order valence-electron chi connectivity index (χ1n) is 6.20. The third-order valence-corrected chi connectivity index (χ3v) is 3.39. The van der Waals surface area contributed by atoms with Crippen LogP contribution in [0.15, 0.2) is 47.7 Å². The van der Waals surface area contributed by atoms with Gasteiger partial charge in [-0.05, 0) is 24.5 Å². The van der Waals surface area contributed by atoms with Gasteiger partial charge in [0.2, 0.25) is 0 Å². The minimum atomic E-state index is -0.195. The number of benzene rings is 1. The first-order chi connectivity index (χ1) is 8.77. The van der Waals surface area contributed by atoms with E-state index in [9.17, 15) is 4.79 Å². The van der Waals surface area contributed by atoms with Crippen LogP contribution in [0.25, 0.3) is 11.1 Å². The van der Waals surface area contributed by atoms with Crippen LogP contribution >= 0.6 is 0 Å². The summed E-state index contributed by atoms with van der Waals surface area (Å²) >= 11 is 0. The zero-order valence-corrected chi connectivity index (χ0v) is 10.5. The van der Waals surface area contributed by atoms with E-state index in [0.29, 0.717) is 6.42 Å². The van der Waals surface area contributed by atoms with Crippen molar-refractivity contribution < 1.29 is 9.53 Å². The summed E-state index contributed by atoms with van der Waals surface area (Å²) in [6, 6.07) is 8.14. The van der Waals surface area contributed by atoms with E-state index in [1.54, 1.807) is 0 Å². The Morgan fingerprint density at radius 3 is 2.61 bits per heavy atom. The second kappa shape index (κ2) is 3.98. The standard InChI is InChI=1S/C16H14O2/c1-3-7-13-11-8-5-6-9-12(11)14-10(4-2)16(17)18-15(13)14/h3,5-9H,4H2,1-2H3/b7-3+. The number of hydrogen-bond acceptors (Lipinski definition) is 2. The molecule has 0 saturated heterocycles. The zero-order valence-electron chi connectivity index (χ0n) is 10.5. The number of carbonyl (C=O) groups excluding carboxylic acids is 1. The van der Waals surface area contributed by atoms with E-state index in [-0.39, 0.29) is 5.97 Å². The molecule has 0 spiro atoms. The summed E-state index contributed by atoms with van der Waals surface area (Å²) in [6.07, 6.45) is 4.68. The molecule has 0 fully saturated rings. The Morgan fingerprint density at radius 2 is 1.94 bits per heavy atom. The molecular weight excluding hydrogens is 224 g/mol. The fourth-order valence-electron chi connectivity index (χ4n) is 2.63. The Bertz CT molecular complexity index is 630. The lowest BCUT2D eigenvalue weighted by Crippen LogP contribution is -1.99. The van der Waals surface area contributed by atoms with Crippen LogP contribution in [0, 0.1) is 0 Å². The molecule has 1 aliphatic heterocycles. The lowest BCUT2D eigenvalue weighted by Gasteiger charge is -2.02. The number of hydrogen-bond donors (Lipinski definition) is 0. The van der Waals surface area contributed by atoms with Gasteiger partial charge in [-0.15, -0.1) is 0 Å². The van der Waals surface area contributed by atoms with E-state index >= 15 is 0 Å². The number of fused-ring (bicyclic) bond motifs is 3. The van der Waals surface area contributed by atoms with Crippen molar-refractivity contribution in [2.75, 3.05) is 0 Å². The first-order valence-corrected chi connectivity index (χ1v) is 6.20. The Labute approximate surface area is 106 Å². The van der Waals surface area contributed by atoms with Gasteiger partial charge in [0.05, 0.1) is 0 Å². The fourth-order valence-corrected chi connectivity index (χ4v) is 2.63. The van der Waals surface area contributed by atoms with E-state index in [2.05, 4.69) is 12.1 Å². The molecule has 0 unspecified atom stereocenters. The Morgan fingerprint density at radius 1 is 1.22 bits per heavy atom. The summed E-state index contributed by atoms with van der Waals surface area (Å²) in [5.41, 5.74) is 5.06. The second-order valence-corrected chi connectivity index (χ2v) is 4.39. The van der Waals surface area contributed by atoms with Crippen LogP contribution in [0.1, 0.15) is 31.4 Å². The van der Waals surface area contributed by atoms with Gasteiger partial charge < -0.3 is 4.74 Å². The molecule has 0 saturated carbocycles. The summed E-state index contributed by atoms with van der Waals surface area (Å²) in [5.74, 6) is 0.537. The second-order valence-electron chi connectivity index (χ2n) is 4.39. The molecule has 0 aromatic heterocycles. The SMILES string of the molecule is C/C=C/C1=C2OC(=O)C(CC)=C2c2ccccc21. The van der Waals surface area contributed by atoms with Crippen molar-refractivity contribution in [3.63, 3.8) is 0 Å². The Balaban J connectivity index is 2.34. The lowest BCUT2D eigenvalue weighted by atomic mass is 10.00. The number of carbonyl (C=O) groups is 1. The average Bonchev–Trinajstić information content (AvgIpc) is 2.85. The van der Waals surface area contributed by atoms with Crippen molar-refractivity contribution in [1.82, 2.24) is 0 Å². The minimum Gasteiger partial charge on any atom is -0.422 e. The highest BCUT2D eigenvalue weighted by molar-refractivity contribution is 6.15. The maximum absolute atomic E-state index is 11.8. The summed E-state index contributed by atoms with van der Waals surface area (Å²) in [6.45, 7) is 3.96. The van der Waals surface area contributed by atoms with Crippen LogP contribution in [0.3, 0.4) is 0 Å². The molecule has 1 heterocycles. The number of esters is 1. The topological polar surface area (TPSA) is 26.3 Å². The van der Waals surface area contributed by atoms with Crippen LogP contribution in [-0.2, 0) is 9.53 Å². The smallest absolute Gasteiger partial charge is 0.340 e. The van der Waals surface area contributed by atoms with Crippen molar-refractivity contribution in [2.24, 2.45) is 0 Å². The summed E-state index contributed by atoms with van der Waals surface area (Å²) < 4.78 is 5.45. The van der Waals surface area contributed by atoms with Crippen molar-refractivity contribution >= 4 is 17.1 Å². The van der Waals surface area contributed by atoms with Crippen LogP contribution in [0.5, 0.6) is 0 Å². The van der Waals surface area contributed by atoms with Gasteiger partial charge in [0, 0.05) is 16.7 Å². The van der Waals surface area contributed by atoms with Crippen molar-refractivity contribution in [3.8, 4) is 0 Å². The highest BCUT2D eigenvalue weighted by Gasteiger charge is 2.37. The molecule has 1 aromatic rings. The van der Waals surface area contributed by atoms with E-state index in [0.717, 1.165) is 33.6 Å². The van der Waals surface area contributed by atoms with Crippen molar-refractivity contribution in [2.45, 2.75) is 20.3 Å². The summed E-state index contributed by atoms with van der Waals surface area (Å²) in [5, 5.41) is 0. The summed E-state index contributed by atoms with van der Waals surface area (Å²) in [7, 11) is 0. The quantitative estimate of drug-likeness (QED) is 0.734. The Kier molecular flexibility index (Phi) is 2.44. The van der Waals surface area contributed by atoms with Gasteiger partial charge in [0.15, 0.2) is 0 Å². The average molecular weight is 238 g/mol. The van der Waals surface area contributed by atoms with Gasteiger partial charge in [0.25, 0.3) is 0 Å². The molecule has 1 aliphatic carbocycles. The molecule has 3 rings (SSSR count). The third-order valence-electron chi connectivity index (χ3n) is 3.39. The van der Waals surface area contributed by atoms with Gasteiger partial charge in [-0.3, -0.25) is 0 Å². The predicted octanol–water partition coefficient (Wildman–Crippen LogP) is 3.71. The molecule has 0 bridgehead atoms. The van der Waals surface area contributed by atoms with Crippen molar-refractivity contribution in [3.05, 3.63) is 58.9 Å². The summed E-state index contributed by atoms with van der Waals surface area (Å²) in [4.78, 5) is 11.8. The van der Waals surface area contributed by atoms with Crippen LogP contribution in [0.4, 0.5) is 0 Å². The van der Waals surface area contributed by atoms with E-state index in [1.807, 2.05) is 38.1 Å². The van der Waals surface area contributed by atoms with E-state index < -0.39 is 0 Å². The molecule has 0 N–H and O–H groups in total. The number of rotatable bonds is 2. The molecule has 1 aromatic carbocycles. The molecule has 2 heteroatoms. The predicted molar refractivity (Wildman–Crippen MR) is 71.5 cm³/mol. The number of ether oxygens (including phenoxy) is 1. The molecule has 90 valence electrons. The van der Waals surface area contributed by atoms with Crippen LogP contribution < -0.4 is 0 Å². The van der Waals surface area contributed by atoms with E-state index in [4.69, 9.17) is 4.74 Å². The van der Waals surface area contributed by atoms with Crippen molar-refractivity contribution in [1.29, 1.82) is 0 Å². The maximum atomic E-state index is 11.8. The zero-order chi connectivity index (χ0) is 12.7. The molecule has 2 aliphatic rings. The van der Waals surface area contributed by atoms with Crippen LogP contribution in [-0.4, -0.2) is 5.97 Å². The van der Waals surface area contributed by atoms with Gasteiger partial charge >= 0.3 is 5.97 Å². The van der Waals surface area contributed by atoms with E-state index in [1.165, 1.54) is 0 Å². The Hall–Kier alpha value is -2.09. The monoisotopic (exact) mass is 238 g/mol. The molecule has 2 nitrogen and oxygen atoms in total. The highest BCUT2D eigenvalue weighted by Crippen LogP contribution is 2.48. The van der Waals surface area contributed by atoms with Gasteiger partial charge in [-0.2, -0.15) is 0 Å². The molecular formula is C16H14O2. The first kappa shape index (κ1) is 11.0. The molecule has 0 amide bonds. The maximum Gasteiger partial charge on any atom is 0.340 e. The van der Waals surface area contributed by atoms with Crippen LogP contribution in [0.2, 0.25) is 0 Å². The fraction of sp³-hybridized carbons (Fsp3) is 0.188. The normalized spacial score (nSPS) is 17.6. The largest absolute Gasteiger partial charge is 0.422 e. The third kappa shape index (κ3) is 1.32. The highest BCUT2D eigenvalue weighted by atomic mass is 16.5. The van der Waals surface area contributed by atoms with Gasteiger partial charge in [-0.25, -0.2) is 4.79 Å². The van der Waals surface area contributed by atoms with Gasteiger partial charge in [0.1, 0.15) is 5.76 Å². The minimum absolute atomic E-state index is 0.195. The molecule has 0 atom stereocenters.